The van der Waals surface area contributed by atoms with E-state index in [0.717, 1.165) is 17.9 Å². The van der Waals surface area contributed by atoms with Gasteiger partial charge in [-0.25, -0.2) is 4.79 Å². The Bertz CT molecular complexity index is 869. The molecule has 1 aliphatic heterocycles. The number of piperazine rings is 1. The molecule has 1 fully saturated rings. The summed E-state index contributed by atoms with van der Waals surface area (Å²) >= 11 is 0. The number of urea groups is 1. The number of rotatable bonds is 5. The molecule has 29 heavy (non-hydrogen) atoms. The number of anilines is 1. The Hall–Kier alpha value is -3.06. The van der Waals surface area contributed by atoms with Crippen LogP contribution in [0.4, 0.5) is 10.5 Å². The molecule has 3 N–H and O–H groups in total. The molecular weight excluding hydrogens is 368 g/mol. The van der Waals surface area contributed by atoms with Gasteiger partial charge in [-0.2, -0.15) is 0 Å². The normalized spacial score (nSPS) is 16.4. The fourth-order valence-electron chi connectivity index (χ4n) is 3.49. The van der Waals surface area contributed by atoms with Gasteiger partial charge in [-0.05, 0) is 38.1 Å². The largest absolute Gasteiger partial charge is 0.496 e. The van der Waals surface area contributed by atoms with Crippen molar-refractivity contribution in [3.05, 3.63) is 59.7 Å². The Balaban J connectivity index is 1.82. The summed E-state index contributed by atoms with van der Waals surface area (Å²) in [6, 6.07) is 14.4. The minimum absolute atomic E-state index is 0.0299. The van der Waals surface area contributed by atoms with Crippen molar-refractivity contribution >= 4 is 17.6 Å². The van der Waals surface area contributed by atoms with E-state index in [1.807, 2.05) is 43.0 Å². The summed E-state index contributed by atoms with van der Waals surface area (Å²) in [7, 11) is 1.64. The van der Waals surface area contributed by atoms with E-state index in [2.05, 4.69) is 16.0 Å². The van der Waals surface area contributed by atoms with Gasteiger partial charge in [0.2, 0.25) is 0 Å². The van der Waals surface area contributed by atoms with Crippen molar-refractivity contribution in [1.29, 1.82) is 0 Å². The van der Waals surface area contributed by atoms with Crippen molar-refractivity contribution in [2.75, 3.05) is 32.1 Å². The molecule has 1 aliphatic rings. The Morgan fingerprint density at radius 2 is 1.97 bits per heavy atom. The molecule has 0 spiro atoms. The molecule has 1 saturated heterocycles. The van der Waals surface area contributed by atoms with Gasteiger partial charge in [0.15, 0.2) is 0 Å². The van der Waals surface area contributed by atoms with Gasteiger partial charge in [0.05, 0.1) is 13.2 Å². The number of carbonyl (C=O) groups is 2. The lowest BCUT2D eigenvalue weighted by Gasteiger charge is -2.37. The van der Waals surface area contributed by atoms with Crippen molar-refractivity contribution in [2.45, 2.75) is 25.9 Å². The van der Waals surface area contributed by atoms with Gasteiger partial charge in [0.1, 0.15) is 5.75 Å². The standard InChI is InChI=1S/C22H28N4O3/c1-15(2)24-22(28)25-17-8-6-7-16(13-17)21(27)26-12-11-23-14-19(26)18-9-4-5-10-20(18)29-3/h4-10,13,15,19,23H,11-12,14H2,1-3H3,(H2,24,25,28). The predicted molar refractivity (Wildman–Crippen MR) is 113 cm³/mol. The molecule has 3 rings (SSSR count). The van der Waals surface area contributed by atoms with Crippen LogP contribution in [0.15, 0.2) is 48.5 Å². The fourth-order valence-corrected chi connectivity index (χ4v) is 3.49. The zero-order valence-electron chi connectivity index (χ0n) is 17.1. The third kappa shape index (κ3) is 5.06. The van der Waals surface area contributed by atoms with Crippen LogP contribution >= 0.6 is 0 Å². The summed E-state index contributed by atoms with van der Waals surface area (Å²) in [6.07, 6.45) is 0. The van der Waals surface area contributed by atoms with Gasteiger partial charge in [0.25, 0.3) is 5.91 Å². The third-order valence-electron chi connectivity index (χ3n) is 4.79. The summed E-state index contributed by atoms with van der Waals surface area (Å²) in [4.78, 5) is 27.2. The molecule has 7 nitrogen and oxygen atoms in total. The highest BCUT2D eigenvalue weighted by Gasteiger charge is 2.30. The van der Waals surface area contributed by atoms with E-state index in [1.54, 1.807) is 31.4 Å². The zero-order valence-corrected chi connectivity index (χ0v) is 17.1. The lowest BCUT2D eigenvalue weighted by Crippen LogP contribution is -2.48. The highest BCUT2D eigenvalue weighted by atomic mass is 16.5. The lowest BCUT2D eigenvalue weighted by molar-refractivity contribution is 0.0631. The molecule has 154 valence electrons. The molecule has 3 amide bonds. The average Bonchev–Trinajstić information content (AvgIpc) is 2.72. The number of nitrogens with one attached hydrogen (secondary N) is 3. The first-order valence-electron chi connectivity index (χ1n) is 9.81. The Morgan fingerprint density at radius 1 is 1.17 bits per heavy atom. The summed E-state index contributed by atoms with van der Waals surface area (Å²) in [5.74, 6) is 0.690. The zero-order chi connectivity index (χ0) is 20.8. The highest BCUT2D eigenvalue weighted by Crippen LogP contribution is 2.31. The van der Waals surface area contributed by atoms with Crippen LogP contribution in [0.5, 0.6) is 5.75 Å². The minimum Gasteiger partial charge on any atom is -0.496 e. The fraction of sp³-hybridized carbons (Fsp3) is 0.364. The second-order valence-electron chi connectivity index (χ2n) is 7.29. The SMILES string of the molecule is COc1ccccc1C1CNCCN1C(=O)c1cccc(NC(=O)NC(C)C)c1. The molecule has 7 heteroatoms. The van der Waals surface area contributed by atoms with Gasteiger partial charge in [-0.1, -0.05) is 24.3 Å². The van der Waals surface area contributed by atoms with Crippen molar-refractivity contribution in [2.24, 2.45) is 0 Å². The number of ether oxygens (including phenoxy) is 1. The summed E-state index contributed by atoms with van der Waals surface area (Å²) in [5, 5.41) is 8.92. The van der Waals surface area contributed by atoms with Crippen LogP contribution in [0.3, 0.4) is 0 Å². The number of carbonyl (C=O) groups excluding carboxylic acids is 2. The van der Waals surface area contributed by atoms with E-state index < -0.39 is 0 Å². The van der Waals surface area contributed by atoms with Gasteiger partial charge in [0, 0.05) is 42.5 Å². The molecule has 1 atom stereocenters. The van der Waals surface area contributed by atoms with Gasteiger partial charge in [-0.3, -0.25) is 4.79 Å². The van der Waals surface area contributed by atoms with Crippen LogP contribution < -0.4 is 20.7 Å². The van der Waals surface area contributed by atoms with Crippen LogP contribution in [0.2, 0.25) is 0 Å². The minimum atomic E-state index is -0.293. The monoisotopic (exact) mass is 396 g/mol. The molecule has 0 aromatic heterocycles. The number of hydrogen-bond donors (Lipinski definition) is 3. The van der Waals surface area contributed by atoms with E-state index in [-0.39, 0.29) is 24.0 Å². The molecule has 2 aromatic rings. The first kappa shape index (κ1) is 20.7. The first-order valence-corrected chi connectivity index (χ1v) is 9.81. The third-order valence-corrected chi connectivity index (χ3v) is 4.79. The Labute approximate surface area is 171 Å². The van der Waals surface area contributed by atoms with Crippen molar-refractivity contribution < 1.29 is 14.3 Å². The van der Waals surface area contributed by atoms with Crippen molar-refractivity contribution in [1.82, 2.24) is 15.5 Å². The maximum atomic E-state index is 13.3. The van der Waals surface area contributed by atoms with Crippen LogP contribution in [0.1, 0.15) is 35.8 Å². The van der Waals surface area contributed by atoms with Gasteiger partial charge >= 0.3 is 6.03 Å². The first-order chi connectivity index (χ1) is 14.0. The maximum Gasteiger partial charge on any atom is 0.319 e. The van der Waals surface area contributed by atoms with Crippen LogP contribution in [-0.4, -0.2) is 49.6 Å². The van der Waals surface area contributed by atoms with E-state index in [4.69, 9.17) is 4.74 Å². The topological polar surface area (TPSA) is 82.7 Å². The molecule has 1 unspecified atom stereocenters. The van der Waals surface area contributed by atoms with E-state index >= 15 is 0 Å². The number of benzene rings is 2. The predicted octanol–water partition coefficient (Wildman–Crippen LogP) is 3.01. The number of para-hydroxylation sites is 1. The number of nitrogens with zero attached hydrogens (tertiary/aromatic N) is 1. The second-order valence-corrected chi connectivity index (χ2v) is 7.29. The molecule has 0 bridgehead atoms. The number of hydrogen-bond acceptors (Lipinski definition) is 4. The molecule has 0 radical (unpaired) electrons. The molecule has 0 saturated carbocycles. The van der Waals surface area contributed by atoms with Gasteiger partial charge < -0.3 is 25.6 Å². The number of amides is 3. The van der Waals surface area contributed by atoms with Crippen molar-refractivity contribution in [3.63, 3.8) is 0 Å². The van der Waals surface area contributed by atoms with E-state index in [9.17, 15) is 9.59 Å². The van der Waals surface area contributed by atoms with Gasteiger partial charge in [-0.15, -0.1) is 0 Å². The second kappa shape index (κ2) is 9.43. The average molecular weight is 396 g/mol. The van der Waals surface area contributed by atoms with Crippen LogP contribution in [-0.2, 0) is 0 Å². The Morgan fingerprint density at radius 3 is 2.72 bits per heavy atom. The Kier molecular flexibility index (Phi) is 6.72. The van der Waals surface area contributed by atoms with E-state index in [1.165, 1.54) is 0 Å². The quantitative estimate of drug-likeness (QED) is 0.726. The summed E-state index contributed by atoms with van der Waals surface area (Å²) in [5.41, 5.74) is 2.09. The highest BCUT2D eigenvalue weighted by molar-refractivity contribution is 5.97. The molecular formula is C22H28N4O3. The van der Waals surface area contributed by atoms with Crippen molar-refractivity contribution in [3.8, 4) is 5.75 Å². The number of methoxy groups -OCH3 is 1. The summed E-state index contributed by atoms with van der Waals surface area (Å²) in [6.45, 7) is 5.75. The smallest absolute Gasteiger partial charge is 0.319 e. The maximum absolute atomic E-state index is 13.3. The molecule has 0 aliphatic carbocycles. The molecule has 1 heterocycles. The van der Waals surface area contributed by atoms with Crippen LogP contribution in [0, 0.1) is 0 Å². The van der Waals surface area contributed by atoms with E-state index in [0.29, 0.717) is 24.3 Å². The summed E-state index contributed by atoms with van der Waals surface area (Å²) < 4.78 is 5.51. The lowest BCUT2D eigenvalue weighted by atomic mass is 10.0. The van der Waals surface area contributed by atoms with Crippen LogP contribution in [0.25, 0.3) is 0 Å². The molecule has 2 aromatic carbocycles.